The Morgan fingerprint density at radius 3 is 2.46 bits per heavy atom. The standard InChI is InChI=1S/C18H25NO5/c1-4-6-11-23-15-9-7-14(8-10-15)19-12-16(17(20)21)18(22)24-13(3)5-2/h7-10,12-13,19H,4-6,11H2,1-3H3,(H,20,21). The van der Waals surface area contributed by atoms with Gasteiger partial charge in [-0.2, -0.15) is 0 Å². The molecule has 132 valence electrons. The van der Waals surface area contributed by atoms with Gasteiger partial charge in [-0.05, 0) is 44.0 Å². The molecule has 0 amide bonds. The van der Waals surface area contributed by atoms with Gasteiger partial charge in [0.1, 0.15) is 5.75 Å². The van der Waals surface area contributed by atoms with Crippen LogP contribution < -0.4 is 10.1 Å². The summed E-state index contributed by atoms with van der Waals surface area (Å²) >= 11 is 0. The van der Waals surface area contributed by atoms with Gasteiger partial charge in [0, 0.05) is 11.9 Å². The SMILES string of the molecule is CCCCOc1ccc(NC=C(C(=O)O)C(=O)OC(C)CC)cc1. The second-order valence-electron chi connectivity index (χ2n) is 5.36. The number of esters is 1. The van der Waals surface area contributed by atoms with Crippen molar-refractivity contribution in [3.8, 4) is 5.75 Å². The molecule has 0 fully saturated rings. The van der Waals surface area contributed by atoms with E-state index in [-0.39, 0.29) is 6.10 Å². The number of aliphatic carboxylic acids is 1. The quantitative estimate of drug-likeness (QED) is 0.223. The highest BCUT2D eigenvalue weighted by Crippen LogP contribution is 2.16. The van der Waals surface area contributed by atoms with Crippen molar-refractivity contribution in [2.75, 3.05) is 11.9 Å². The highest BCUT2D eigenvalue weighted by atomic mass is 16.5. The smallest absolute Gasteiger partial charge is 0.347 e. The van der Waals surface area contributed by atoms with E-state index in [2.05, 4.69) is 12.2 Å². The molecule has 0 aliphatic heterocycles. The normalized spacial score (nSPS) is 12.4. The summed E-state index contributed by atoms with van der Waals surface area (Å²) in [5.74, 6) is -1.45. The number of nitrogens with one attached hydrogen (secondary N) is 1. The summed E-state index contributed by atoms with van der Waals surface area (Å²) in [4.78, 5) is 23.0. The number of ether oxygens (including phenoxy) is 2. The molecule has 1 aromatic rings. The van der Waals surface area contributed by atoms with Crippen LogP contribution in [0.2, 0.25) is 0 Å². The largest absolute Gasteiger partial charge is 0.494 e. The molecule has 24 heavy (non-hydrogen) atoms. The molecule has 0 saturated heterocycles. The van der Waals surface area contributed by atoms with Crippen molar-refractivity contribution < 1.29 is 24.2 Å². The van der Waals surface area contributed by atoms with E-state index in [4.69, 9.17) is 14.6 Å². The molecule has 1 rings (SSSR count). The average molecular weight is 335 g/mol. The Balaban J connectivity index is 2.69. The number of carbonyl (C=O) groups excluding carboxylic acids is 1. The number of carboxylic acid groups (broad SMARTS) is 1. The van der Waals surface area contributed by atoms with E-state index in [0.717, 1.165) is 24.8 Å². The highest BCUT2D eigenvalue weighted by Gasteiger charge is 2.20. The van der Waals surface area contributed by atoms with Gasteiger partial charge in [-0.15, -0.1) is 0 Å². The Labute approximate surface area is 142 Å². The molecule has 6 nitrogen and oxygen atoms in total. The molecule has 0 aromatic heterocycles. The minimum absolute atomic E-state index is 0.334. The molecule has 0 spiro atoms. The first-order valence-electron chi connectivity index (χ1n) is 8.11. The van der Waals surface area contributed by atoms with Gasteiger partial charge in [0.05, 0.1) is 12.7 Å². The van der Waals surface area contributed by atoms with Crippen LogP contribution in [0.15, 0.2) is 36.0 Å². The summed E-state index contributed by atoms with van der Waals surface area (Å²) in [5, 5.41) is 11.9. The number of carbonyl (C=O) groups is 2. The molecule has 1 atom stereocenters. The van der Waals surface area contributed by atoms with Crippen LogP contribution in [0, 0.1) is 0 Å². The fourth-order valence-electron chi connectivity index (χ4n) is 1.67. The Hall–Kier alpha value is -2.50. The minimum Gasteiger partial charge on any atom is -0.494 e. The zero-order chi connectivity index (χ0) is 17.9. The number of benzene rings is 1. The first kappa shape index (κ1) is 19.5. The topological polar surface area (TPSA) is 84.9 Å². The first-order chi connectivity index (χ1) is 11.5. The van der Waals surface area contributed by atoms with E-state index in [1.807, 2.05) is 6.92 Å². The molecule has 1 unspecified atom stereocenters. The van der Waals surface area contributed by atoms with E-state index >= 15 is 0 Å². The zero-order valence-corrected chi connectivity index (χ0v) is 14.4. The predicted octanol–water partition coefficient (Wildman–Crippen LogP) is 3.59. The van der Waals surface area contributed by atoms with Gasteiger partial charge in [-0.1, -0.05) is 20.3 Å². The van der Waals surface area contributed by atoms with Crippen LogP contribution in [0.5, 0.6) is 5.75 Å². The lowest BCUT2D eigenvalue weighted by Crippen LogP contribution is -2.21. The molecule has 0 aliphatic rings. The summed E-state index contributed by atoms with van der Waals surface area (Å²) < 4.78 is 10.6. The molecule has 2 N–H and O–H groups in total. The number of hydrogen-bond donors (Lipinski definition) is 2. The third-order valence-electron chi connectivity index (χ3n) is 3.34. The number of hydrogen-bond acceptors (Lipinski definition) is 5. The summed E-state index contributed by atoms with van der Waals surface area (Å²) in [7, 11) is 0. The highest BCUT2D eigenvalue weighted by molar-refractivity contribution is 6.13. The monoisotopic (exact) mass is 335 g/mol. The summed E-state index contributed by atoms with van der Waals surface area (Å²) in [6, 6.07) is 7.06. The number of anilines is 1. The van der Waals surface area contributed by atoms with Gasteiger partial charge < -0.3 is 19.9 Å². The van der Waals surface area contributed by atoms with E-state index < -0.39 is 17.5 Å². The van der Waals surface area contributed by atoms with Crippen LogP contribution in [-0.2, 0) is 14.3 Å². The Morgan fingerprint density at radius 1 is 1.25 bits per heavy atom. The van der Waals surface area contributed by atoms with E-state index in [1.54, 1.807) is 31.2 Å². The van der Waals surface area contributed by atoms with E-state index in [1.165, 1.54) is 0 Å². The third-order valence-corrected chi connectivity index (χ3v) is 3.34. The Morgan fingerprint density at radius 2 is 1.92 bits per heavy atom. The maximum atomic E-state index is 11.8. The first-order valence-corrected chi connectivity index (χ1v) is 8.11. The number of unbranched alkanes of at least 4 members (excludes halogenated alkanes) is 1. The lowest BCUT2D eigenvalue weighted by atomic mass is 10.2. The van der Waals surface area contributed by atoms with Gasteiger partial charge in [-0.3, -0.25) is 0 Å². The maximum absolute atomic E-state index is 11.8. The van der Waals surface area contributed by atoms with E-state index in [0.29, 0.717) is 18.7 Å². The van der Waals surface area contributed by atoms with Crippen LogP contribution in [0.4, 0.5) is 5.69 Å². The van der Waals surface area contributed by atoms with Crippen molar-refractivity contribution >= 4 is 17.6 Å². The Bertz CT molecular complexity index is 565. The van der Waals surface area contributed by atoms with Crippen molar-refractivity contribution in [2.45, 2.75) is 46.1 Å². The molecular weight excluding hydrogens is 310 g/mol. The summed E-state index contributed by atoms with van der Waals surface area (Å²) in [6.45, 7) is 6.31. The maximum Gasteiger partial charge on any atom is 0.347 e. The van der Waals surface area contributed by atoms with Crippen LogP contribution in [0.1, 0.15) is 40.0 Å². The predicted molar refractivity (Wildman–Crippen MR) is 92.0 cm³/mol. The van der Waals surface area contributed by atoms with Gasteiger partial charge in [0.15, 0.2) is 5.57 Å². The van der Waals surface area contributed by atoms with Gasteiger partial charge in [-0.25, -0.2) is 9.59 Å². The summed E-state index contributed by atoms with van der Waals surface area (Å²) in [6.07, 6.45) is 3.48. The number of carboxylic acids is 1. The summed E-state index contributed by atoms with van der Waals surface area (Å²) in [5.41, 5.74) is 0.200. The average Bonchev–Trinajstić information content (AvgIpc) is 2.56. The van der Waals surface area contributed by atoms with Crippen molar-refractivity contribution in [3.63, 3.8) is 0 Å². The molecule has 0 heterocycles. The molecular formula is C18H25NO5. The fraction of sp³-hybridized carbons (Fsp3) is 0.444. The van der Waals surface area contributed by atoms with Gasteiger partial charge in [0.2, 0.25) is 0 Å². The lowest BCUT2D eigenvalue weighted by Gasteiger charge is -2.11. The third kappa shape index (κ3) is 6.73. The fourth-order valence-corrected chi connectivity index (χ4v) is 1.67. The van der Waals surface area contributed by atoms with Crippen molar-refractivity contribution in [2.24, 2.45) is 0 Å². The molecule has 0 bridgehead atoms. The van der Waals surface area contributed by atoms with Crippen LogP contribution in [0.25, 0.3) is 0 Å². The van der Waals surface area contributed by atoms with E-state index in [9.17, 15) is 9.59 Å². The van der Waals surface area contributed by atoms with Crippen molar-refractivity contribution in [3.05, 3.63) is 36.0 Å². The lowest BCUT2D eigenvalue weighted by molar-refractivity contribution is -0.147. The Kier molecular flexibility index (Phi) is 8.39. The molecule has 1 aromatic carbocycles. The van der Waals surface area contributed by atoms with Crippen LogP contribution in [0.3, 0.4) is 0 Å². The molecule has 0 saturated carbocycles. The molecule has 6 heteroatoms. The second kappa shape index (κ2) is 10.3. The van der Waals surface area contributed by atoms with Gasteiger partial charge >= 0.3 is 11.9 Å². The van der Waals surface area contributed by atoms with Crippen LogP contribution in [-0.4, -0.2) is 29.8 Å². The second-order valence-corrected chi connectivity index (χ2v) is 5.36. The van der Waals surface area contributed by atoms with Crippen molar-refractivity contribution in [1.82, 2.24) is 0 Å². The van der Waals surface area contributed by atoms with Gasteiger partial charge in [0.25, 0.3) is 0 Å². The molecule has 0 radical (unpaired) electrons. The number of rotatable bonds is 10. The minimum atomic E-state index is -1.34. The molecule has 0 aliphatic carbocycles. The van der Waals surface area contributed by atoms with Crippen molar-refractivity contribution in [1.29, 1.82) is 0 Å². The zero-order valence-electron chi connectivity index (χ0n) is 14.4. The van der Waals surface area contributed by atoms with Crippen LogP contribution >= 0.6 is 0 Å².